The highest BCUT2D eigenvalue weighted by atomic mass is 35.5. The molecule has 0 heterocycles. The van der Waals surface area contributed by atoms with Crippen molar-refractivity contribution < 1.29 is 4.79 Å². The zero-order valence-corrected chi connectivity index (χ0v) is 12.5. The SMILES string of the molecule is CC(C)(C)CCCC(=O)c1cc(Cl)c(N)c(Cl)c1. The quantitative estimate of drug-likeness (QED) is 0.627. The molecule has 1 rings (SSSR count). The molecule has 0 atom stereocenters. The molecule has 1 aromatic rings. The van der Waals surface area contributed by atoms with Crippen LogP contribution in [0.25, 0.3) is 0 Å². The number of ketones is 1. The van der Waals surface area contributed by atoms with E-state index in [-0.39, 0.29) is 11.2 Å². The molecule has 0 aliphatic heterocycles. The van der Waals surface area contributed by atoms with Crippen molar-refractivity contribution in [3.63, 3.8) is 0 Å². The average molecular weight is 288 g/mol. The molecule has 0 aromatic heterocycles. The molecule has 18 heavy (non-hydrogen) atoms. The Morgan fingerprint density at radius 1 is 1.22 bits per heavy atom. The molecule has 0 saturated heterocycles. The van der Waals surface area contributed by atoms with Crippen molar-refractivity contribution in [1.29, 1.82) is 0 Å². The van der Waals surface area contributed by atoms with E-state index in [0.717, 1.165) is 12.8 Å². The summed E-state index contributed by atoms with van der Waals surface area (Å²) in [5, 5.41) is 0.670. The molecule has 0 radical (unpaired) electrons. The van der Waals surface area contributed by atoms with Gasteiger partial charge in [-0.3, -0.25) is 4.79 Å². The lowest BCUT2D eigenvalue weighted by Gasteiger charge is -2.17. The van der Waals surface area contributed by atoms with Crippen molar-refractivity contribution in [2.75, 3.05) is 5.73 Å². The summed E-state index contributed by atoms with van der Waals surface area (Å²) in [7, 11) is 0. The molecular weight excluding hydrogens is 269 g/mol. The summed E-state index contributed by atoms with van der Waals surface area (Å²) >= 11 is 11.8. The van der Waals surface area contributed by atoms with Crippen LogP contribution >= 0.6 is 23.2 Å². The lowest BCUT2D eigenvalue weighted by Crippen LogP contribution is -2.07. The van der Waals surface area contributed by atoms with Gasteiger partial charge in [-0.15, -0.1) is 0 Å². The van der Waals surface area contributed by atoms with Gasteiger partial charge < -0.3 is 5.73 Å². The fourth-order valence-electron chi connectivity index (χ4n) is 1.67. The number of anilines is 1. The molecule has 100 valence electrons. The van der Waals surface area contributed by atoms with E-state index in [0.29, 0.717) is 27.7 Å². The van der Waals surface area contributed by atoms with Gasteiger partial charge in [0.2, 0.25) is 0 Å². The molecule has 0 aliphatic rings. The van der Waals surface area contributed by atoms with Crippen LogP contribution in [0.4, 0.5) is 5.69 Å². The second kappa shape index (κ2) is 5.94. The van der Waals surface area contributed by atoms with Crippen LogP contribution in [-0.2, 0) is 0 Å². The number of halogens is 2. The third kappa shape index (κ3) is 4.51. The molecule has 0 fully saturated rings. The Kier molecular flexibility index (Phi) is 5.06. The second-order valence-corrected chi connectivity index (χ2v) is 6.51. The van der Waals surface area contributed by atoms with Crippen LogP contribution in [0.15, 0.2) is 12.1 Å². The first kappa shape index (κ1) is 15.3. The molecular formula is C14H19Cl2NO. The first-order chi connectivity index (χ1) is 8.20. The highest BCUT2D eigenvalue weighted by molar-refractivity contribution is 6.39. The molecule has 2 N–H and O–H groups in total. The van der Waals surface area contributed by atoms with Gasteiger partial charge in [-0.25, -0.2) is 0 Å². The van der Waals surface area contributed by atoms with Gasteiger partial charge in [0.05, 0.1) is 15.7 Å². The van der Waals surface area contributed by atoms with Gasteiger partial charge in [-0.1, -0.05) is 44.0 Å². The summed E-state index contributed by atoms with van der Waals surface area (Å²) in [6.45, 7) is 6.48. The van der Waals surface area contributed by atoms with Gasteiger partial charge in [-0.2, -0.15) is 0 Å². The lowest BCUT2D eigenvalue weighted by atomic mass is 9.89. The number of nitrogens with two attached hydrogens (primary N) is 1. The molecule has 0 unspecified atom stereocenters. The van der Waals surface area contributed by atoms with Crippen LogP contribution in [0.5, 0.6) is 0 Å². The van der Waals surface area contributed by atoms with E-state index in [1.54, 1.807) is 12.1 Å². The van der Waals surface area contributed by atoms with Crippen molar-refractivity contribution in [1.82, 2.24) is 0 Å². The molecule has 0 bridgehead atoms. The van der Waals surface area contributed by atoms with E-state index in [9.17, 15) is 4.79 Å². The van der Waals surface area contributed by atoms with Crippen molar-refractivity contribution in [2.45, 2.75) is 40.0 Å². The van der Waals surface area contributed by atoms with Gasteiger partial charge in [0.25, 0.3) is 0 Å². The van der Waals surface area contributed by atoms with E-state index >= 15 is 0 Å². The van der Waals surface area contributed by atoms with Crippen molar-refractivity contribution in [2.24, 2.45) is 5.41 Å². The van der Waals surface area contributed by atoms with Crippen LogP contribution in [0.2, 0.25) is 10.0 Å². The number of hydrogen-bond acceptors (Lipinski definition) is 2. The Bertz CT molecular complexity index is 427. The zero-order valence-electron chi connectivity index (χ0n) is 11.0. The Morgan fingerprint density at radius 3 is 2.17 bits per heavy atom. The van der Waals surface area contributed by atoms with Crippen molar-refractivity contribution in [3.8, 4) is 0 Å². The topological polar surface area (TPSA) is 43.1 Å². The summed E-state index contributed by atoms with van der Waals surface area (Å²) in [6, 6.07) is 3.17. The van der Waals surface area contributed by atoms with Crippen LogP contribution in [0.1, 0.15) is 50.4 Å². The predicted molar refractivity (Wildman–Crippen MR) is 78.5 cm³/mol. The smallest absolute Gasteiger partial charge is 0.162 e. The largest absolute Gasteiger partial charge is 0.396 e. The minimum atomic E-state index is 0.0584. The van der Waals surface area contributed by atoms with Gasteiger partial charge in [0.15, 0.2) is 5.78 Å². The Morgan fingerprint density at radius 2 is 1.72 bits per heavy atom. The third-order valence-corrected chi connectivity index (χ3v) is 3.36. The highest BCUT2D eigenvalue weighted by Gasteiger charge is 2.14. The number of carbonyl (C=O) groups excluding carboxylic acids is 1. The minimum Gasteiger partial charge on any atom is -0.396 e. The maximum Gasteiger partial charge on any atom is 0.162 e. The maximum absolute atomic E-state index is 12.0. The number of nitrogen functional groups attached to an aromatic ring is 1. The summed E-state index contributed by atoms with van der Waals surface area (Å²) in [6.07, 6.45) is 2.38. The second-order valence-electron chi connectivity index (χ2n) is 5.69. The lowest BCUT2D eigenvalue weighted by molar-refractivity contribution is 0.0976. The molecule has 0 saturated carbocycles. The fourth-order valence-corrected chi connectivity index (χ4v) is 2.16. The van der Waals surface area contributed by atoms with Gasteiger partial charge in [0, 0.05) is 12.0 Å². The van der Waals surface area contributed by atoms with E-state index in [1.165, 1.54) is 0 Å². The summed E-state index contributed by atoms with van der Waals surface area (Å²) in [4.78, 5) is 12.0. The Hall–Kier alpha value is -0.730. The van der Waals surface area contributed by atoms with Gasteiger partial charge >= 0.3 is 0 Å². The highest BCUT2D eigenvalue weighted by Crippen LogP contribution is 2.30. The number of carbonyl (C=O) groups is 1. The van der Waals surface area contributed by atoms with Crippen LogP contribution in [0.3, 0.4) is 0 Å². The molecule has 0 aliphatic carbocycles. The van der Waals surface area contributed by atoms with Crippen LogP contribution < -0.4 is 5.73 Å². The van der Waals surface area contributed by atoms with E-state index in [4.69, 9.17) is 28.9 Å². The summed E-state index contributed by atoms with van der Waals surface area (Å²) < 4.78 is 0. The van der Waals surface area contributed by atoms with Crippen molar-refractivity contribution >= 4 is 34.7 Å². The maximum atomic E-state index is 12.0. The van der Waals surface area contributed by atoms with Crippen LogP contribution in [-0.4, -0.2) is 5.78 Å². The number of rotatable bonds is 4. The van der Waals surface area contributed by atoms with Gasteiger partial charge in [-0.05, 0) is 30.4 Å². The number of hydrogen-bond donors (Lipinski definition) is 1. The predicted octanol–water partition coefficient (Wildman–Crippen LogP) is 4.97. The van der Waals surface area contributed by atoms with Crippen molar-refractivity contribution in [3.05, 3.63) is 27.7 Å². The Labute approximate surface area is 118 Å². The van der Waals surface area contributed by atoms with E-state index in [2.05, 4.69) is 20.8 Å². The summed E-state index contributed by atoms with van der Waals surface area (Å²) in [5.41, 5.74) is 6.74. The van der Waals surface area contributed by atoms with E-state index in [1.807, 2.05) is 0 Å². The average Bonchev–Trinajstić information content (AvgIpc) is 2.23. The monoisotopic (exact) mass is 287 g/mol. The standard InChI is InChI=1S/C14H19Cl2NO/c1-14(2,3)6-4-5-12(18)9-7-10(15)13(17)11(16)8-9/h7-8H,4-6,17H2,1-3H3. The molecule has 4 heteroatoms. The first-order valence-electron chi connectivity index (χ1n) is 5.98. The normalized spacial score (nSPS) is 11.6. The van der Waals surface area contributed by atoms with E-state index < -0.39 is 0 Å². The number of benzene rings is 1. The Balaban J connectivity index is 2.68. The van der Waals surface area contributed by atoms with Crippen LogP contribution in [0, 0.1) is 5.41 Å². The zero-order chi connectivity index (χ0) is 13.9. The van der Waals surface area contributed by atoms with Gasteiger partial charge in [0.1, 0.15) is 0 Å². The summed E-state index contributed by atoms with van der Waals surface area (Å²) in [5.74, 6) is 0.0584. The minimum absolute atomic E-state index is 0.0584. The molecule has 0 amide bonds. The first-order valence-corrected chi connectivity index (χ1v) is 6.74. The number of Topliss-reactive ketones (excluding diaryl/α,β-unsaturated/α-hetero) is 1. The molecule has 2 nitrogen and oxygen atoms in total. The third-order valence-electron chi connectivity index (χ3n) is 2.73. The molecule has 0 spiro atoms. The fraction of sp³-hybridized carbons (Fsp3) is 0.500. The molecule has 1 aromatic carbocycles.